The van der Waals surface area contributed by atoms with E-state index in [9.17, 15) is 19.2 Å². The van der Waals surface area contributed by atoms with Crippen LogP contribution in [0.25, 0.3) is 0 Å². The van der Waals surface area contributed by atoms with Crippen LogP contribution in [-0.4, -0.2) is 40.4 Å². The standard InChI is InChI=1S/C15H14O8/c1-7(2)14(20)22-8(3)23-15(21)10-6-4-5-9(12(16)17)11(10)13(18)19/h4-6,8H,1H2,2-3H3,(H,16,17)(H,18,19). The van der Waals surface area contributed by atoms with E-state index >= 15 is 0 Å². The van der Waals surface area contributed by atoms with Crippen molar-refractivity contribution in [2.24, 2.45) is 0 Å². The average Bonchev–Trinajstić information content (AvgIpc) is 2.45. The molecule has 0 aliphatic heterocycles. The van der Waals surface area contributed by atoms with Gasteiger partial charge >= 0.3 is 23.9 Å². The second-order valence-corrected chi connectivity index (χ2v) is 4.50. The van der Waals surface area contributed by atoms with Crippen LogP contribution in [0.5, 0.6) is 0 Å². The molecular formula is C15H14O8. The Morgan fingerprint density at radius 1 is 1.04 bits per heavy atom. The van der Waals surface area contributed by atoms with Gasteiger partial charge in [-0.05, 0) is 19.1 Å². The Labute approximate surface area is 130 Å². The molecule has 0 bridgehead atoms. The second-order valence-electron chi connectivity index (χ2n) is 4.50. The lowest BCUT2D eigenvalue weighted by molar-refractivity contribution is -0.160. The molecule has 0 aliphatic carbocycles. The highest BCUT2D eigenvalue weighted by atomic mass is 16.7. The third kappa shape index (κ3) is 4.40. The minimum atomic E-state index is -1.60. The van der Waals surface area contributed by atoms with Gasteiger partial charge in [0.05, 0.1) is 16.7 Å². The molecule has 0 saturated heterocycles. The first kappa shape index (κ1) is 17.9. The number of carboxylic acid groups (broad SMARTS) is 2. The Bertz CT molecular complexity index is 689. The molecule has 0 heterocycles. The van der Waals surface area contributed by atoms with Crippen LogP contribution < -0.4 is 0 Å². The molecule has 1 atom stereocenters. The van der Waals surface area contributed by atoms with E-state index in [4.69, 9.17) is 19.7 Å². The molecule has 0 amide bonds. The number of esters is 2. The zero-order chi connectivity index (χ0) is 17.7. The van der Waals surface area contributed by atoms with Gasteiger partial charge in [0, 0.05) is 12.5 Å². The van der Waals surface area contributed by atoms with Gasteiger partial charge in [-0.25, -0.2) is 19.2 Å². The van der Waals surface area contributed by atoms with Crippen LogP contribution in [0.3, 0.4) is 0 Å². The monoisotopic (exact) mass is 322 g/mol. The summed E-state index contributed by atoms with van der Waals surface area (Å²) in [6.07, 6.45) is -1.30. The van der Waals surface area contributed by atoms with Crippen LogP contribution in [0.15, 0.2) is 30.4 Å². The predicted octanol–water partition coefficient (Wildman–Crippen LogP) is 1.71. The van der Waals surface area contributed by atoms with Crippen molar-refractivity contribution in [2.45, 2.75) is 20.1 Å². The average molecular weight is 322 g/mol. The van der Waals surface area contributed by atoms with Crippen LogP contribution in [0.1, 0.15) is 44.9 Å². The molecule has 0 saturated carbocycles. The Kier molecular flexibility index (Phi) is 5.61. The minimum absolute atomic E-state index is 0.0898. The van der Waals surface area contributed by atoms with Crippen LogP contribution in [0.2, 0.25) is 0 Å². The number of carboxylic acids is 2. The molecule has 1 rings (SSSR count). The van der Waals surface area contributed by atoms with E-state index in [2.05, 4.69) is 6.58 Å². The number of hydrogen-bond donors (Lipinski definition) is 2. The topological polar surface area (TPSA) is 127 Å². The smallest absolute Gasteiger partial charge is 0.342 e. The second kappa shape index (κ2) is 7.21. The van der Waals surface area contributed by atoms with E-state index in [1.165, 1.54) is 19.9 Å². The third-order valence-electron chi connectivity index (χ3n) is 2.62. The maximum atomic E-state index is 12.0. The quantitative estimate of drug-likeness (QED) is 0.460. The molecule has 1 unspecified atom stereocenters. The molecule has 122 valence electrons. The van der Waals surface area contributed by atoms with Gasteiger partial charge in [-0.3, -0.25) is 0 Å². The van der Waals surface area contributed by atoms with E-state index in [-0.39, 0.29) is 5.57 Å². The Hall–Kier alpha value is -3.16. The van der Waals surface area contributed by atoms with Crippen molar-refractivity contribution in [1.29, 1.82) is 0 Å². The summed E-state index contributed by atoms with van der Waals surface area (Å²) in [4.78, 5) is 45.6. The van der Waals surface area contributed by atoms with Gasteiger partial charge in [0.2, 0.25) is 6.29 Å². The number of benzene rings is 1. The van der Waals surface area contributed by atoms with Gasteiger partial charge in [0.25, 0.3) is 0 Å². The van der Waals surface area contributed by atoms with Crippen molar-refractivity contribution in [1.82, 2.24) is 0 Å². The summed E-state index contributed by atoms with van der Waals surface area (Å²) < 4.78 is 9.54. The van der Waals surface area contributed by atoms with Crippen molar-refractivity contribution in [3.63, 3.8) is 0 Å². The van der Waals surface area contributed by atoms with Crippen molar-refractivity contribution in [3.05, 3.63) is 47.0 Å². The summed E-state index contributed by atoms with van der Waals surface area (Å²) in [6.45, 7) is 6.00. The Balaban J connectivity index is 3.07. The van der Waals surface area contributed by atoms with Gasteiger partial charge in [-0.2, -0.15) is 0 Å². The van der Waals surface area contributed by atoms with Crippen LogP contribution in [0, 0.1) is 0 Å². The third-order valence-corrected chi connectivity index (χ3v) is 2.62. The lowest BCUT2D eigenvalue weighted by Gasteiger charge is -2.15. The van der Waals surface area contributed by atoms with E-state index in [1.807, 2.05) is 0 Å². The van der Waals surface area contributed by atoms with E-state index < -0.39 is 46.9 Å². The number of aromatic carboxylic acids is 2. The van der Waals surface area contributed by atoms with Crippen LogP contribution in [-0.2, 0) is 14.3 Å². The first-order chi connectivity index (χ1) is 10.6. The van der Waals surface area contributed by atoms with Gasteiger partial charge in [0.15, 0.2) is 0 Å². The molecular weight excluding hydrogens is 308 g/mol. The SMILES string of the molecule is C=C(C)C(=O)OC(C)OC(=O)c1cccc(C(=O)O)c1C(=O)O. The Morgan fingerprint density at radius 3 is 2.09 bits per heavy atom. The van der Waals surface area contributed by atoms with E-state index in [1.54, 1.807) is 0 Å². The molecule has 1 aromatic carbocycles. The lowest BCUT2D eigenvalue weighted by Crippen LogP contribution is -2.24. The van der Waals surface area contributed by atoms with Crippen molar-refractivity contribution >= 4 is 23.9 Å². The first-order valence-electron chi connectivity index (χ1n) is 6.32. The molecule has 8 nitrogen and oxygen atoms in total. The van der Waals surface area contributed by atoms with Gasteiger partial charge in [0.1, 0.15) is 0 Å². The molecule has 0 spiro atoms. The maximum absolute atomic E-state index is 12.0. The summed E-state index contributed by atoms with van der Waals surface area (Å²) in [6, 6.07) is 3.36. The summed E-state index contributed by atoms with van der Waals surface area (Å²) >= 11 is 0. The van der Waals surface area contributed by atoms with Gasteiger partial charge in [-0.15, -0.1) is 0 Å². The highest BCUT2D eigenvalue weighted by molar-refractivity contribution is 6.09. The normalized spacial score (nSPS) is 11.2. The maximum Gasteiger partial charge on any atom is 0.342 e. The van der Waals surface area contributed by atoms with Crippen molar-refractivity contribution < 1.29 is 38.9 Å². The van der Waals surface area contributed by atoms with E-state index in [0.29, 0.717) is 0 Å². The molecule has 0 fully saturated rings. The molecule has 2 N–H and O–H groups in total. The highest BCUT2D eigenvalue weighted by Gasteiger charge is 2.26. The van der Waals surface area contributed by atoms with Gasteiger partial charge in [-0.1, -0.05) is 12.6 Å². The fraction of sp³-hybridized carbons (Fsp3) is 0.200. The molecule has 8 heteroatoms. The number of rotatable bonds is 6. The Morgan fingerprint density at radius 2 is 1.61 bits per heavy atom. The summed E-state index contributed by atoms with van der Waals surface area (Å²) in [7, 11) is 0. The molecule has 0 aromatic heterocycles. The predicted molar refractivity (Wildman–Crippen MR) is 76.1 cm³/mol. The highest BCUT2D eigenvalue weighted by Crippen LogP contribution is 2.17. The number of carbonyl (C=O) groups excluding carboxylic acids is 2. The number of carbonyl (C=O) groups is 4. The number of hydrogen-bond acceptors (Lipinski definition) is 6. The minimum Gasteiger partial charge on any atom is -0.478 e. The summed E-state index contributed by atoms with van der Waals surface area (Å²) in [5, 5.41) is 18.1. The fourth-order valence-corrected chi connectivity index (χ4v) is 1.62. The number of ether oxygens (including phenoxy) is 2. The molecule has 0 aliphatic rings. The first-order valence-corrected chi connectivity index (χ1v) is 6.32. The van der Waals surface area contributed by atoms with Crippen molar-refractivity contribution in [3.8, 4) is 0 Å². The van der Waals surface area contributed by atoms with Crippen LogP contribution >= 0.6 is 0 Å². The zero-order valence-corrected chi connectivity index (χ0v) is 12.4. The van der Waals surface area contributed by atoms with Crippen LogP contribution in [0.4, 0.5) is 0 Å². The zero-order valence-electron chi connectivity index (χ0n) is 12.4. The molecule has 23 heavy (non-hydrogen) atoms. The van der Waals surface area contributed by atoms with Gasteiger partial charge < -0.3 is 19.7 Å². The molecule has 0 radical (unpaired) electrons. The van der Waals surface area contributed by atoms with E-state index in [0.717, 1.165) is 12.1 Å². The largest absolute Gasteiger partial charge is 0.478 e. The van der Waals surface area contributed by atoms with Crippen molar-refractivity contribution in [2.75, 3.05) is 0 Å². The summed E-state index contributed by atoms with van der Waals surface area (Å²) in [5.74, 6) is -5.02. The fourth-order valence-electron chi connectivity index (χ4n) is 1.62. The lowest BCUT2D eigenvalue weighted by atomic mass is 10.0. The summed E-state index contributed by atoms with van der Waals surface area (Å²) in [5.41, 5.74) is -1.63. The molecule has 1 aromatic rings.